The fourth-order valence-electron chi connectivity index (χ4n) is 1.11. The molecule has 0 saturated heterocycles. The zero-order chi connectivity index (χ0) is 12.3. The van der Waals surface area contributed by atoms with Gasteiger partial charge in [0.25, 0.3) is 0 Å². The van der Waals surface area contributed by atoms with E-state index >= 15 is 0 Å². The van der Waals surface area contributed by atoms with Crippen molar-refractivity contribution in [3.63, 3.8) is 0 Å². The highest BCUT2D eigenvalue weighted by Gasteiger charge is 2.20. The molecule has 0 amide bonds. The Hall–Kier alpha value is -1.62. The van der Waals surface area contributed by atoms with Crippen molar-refractivity contribution in [3.8, 4) is 0 Å². The van der Waals surface area contributed by atoms with E-state index in [4.69, 9.17) is 11.6 Å². The molecule has 16 heavy (non-hydrogen) atoms. The van der Waals surface area contributed by atoms with Gasteiger partial charge in [-0.3, -0.25) is 0 Å². The molecular weight excluding hydrogens is 239 g/mol. The molecule has 0 bridgehead atoms. The van der Waals surface area contributed by atoms with E-state index in [-0.39, 0.29) is 10.6 Å². The fourth-order valence-corrected chi connectivity index (χ4v) is 1.39. The molecule has 0 spiro atoms. The topological polar surface area (TPSA) is 52.6 Å². The van der Waals surface area contributed by atoms with Crippen molar-refractivity contribution in [1.29, 1.82) is 0 Å². The molecule has 0 radical (unpaired) electrons. The van der Waals surface area contributed by atoms with Crippen molar-refractivity contribution in [2.24, 2.45) is 0 Å². The second-order valence-electron chi connectivity index (χ2n) is 2.80. The molecule has 0 N–H and O–H groups in total. The Morgan fingerprint density at radius 3 is 2.19 bits per heavy atom. The van der Waals surface area contributed by atoms with Gasteiger partial charge in [-0.2, -0.15) is 0 Å². The molecule has 0 saturated carbocycles. The Kier molecular flexibility index (Phi) is 3.84. The fraction of sp³-hybridized carbons (Fsp3) is 0.200. The number of benzene rings is 1. The maximum Gasteiger partial charge on any atom is 0.342 e. The second-order valence-corrected chi connectivity index (χ2v) is 3.21. The molecule has 0 heterocycles. The van der Waals surface area contributed by atoms with E-state index in [9.17, 15) is 14.0 Å². The maximum atomic E-state index is 13.5. The van der Waals surface area contributed by atoms with Gasteiger partial charge in [0.05, 0.1) is 24.8 Å². The van der Waals surface area contributed by atoms with Gasteiger partial charge in [0.15, 0.2) is 0 Å². The summed E-state index contributed by atoms with van der Waals surface area (Å²) in [6.45, 7) is 0. The van der Waals surface area contributed by atoms with Crippen LogP contribution in [-0.4, -0.2) is 26.2 Å². The van der Waals surface area contributed by atoms with E-state index in [1.54, 1.807) is 0 Å². The van der Waals surface area contributed by atoms with E-state index in [2.05, 4.69) is 9.47 Å². The number of halogens is 2. The van der Waals surface area contributed by atoms with Crippen LogP contribution >= 0.6 is 11.6 Å². The molecule has 86 valence electrons. The van der Waals surface area contributed by atoms with Gasteiger partial charge in [0, 0.05) is 0 Å². The first-order chi connectivity index (χ1) is 7.51. The number of hydrogen-bond donors (Lipinski definition) is 0. The normalized spacial score (nSPS) is 9.75. The second kappa shape index (κ2) is 4.94. The Bertz CT molecular complexity index is 421. The number of carbonyl (C=O) groups is 2. The number of ether oxygens (including phenoxy) is 2. The van der Waals surface area contributed by atoms with Crippen molar-refractivity contribution in [3.05, 3.63) is 34.1 Å². The minimum Gasteiger partial charge on any atom is -0.465 e. The van der Waals surface area contributed by atoms with Crippen LogP contribution in [0.4, 0.5) is 4.39 Å². The van der Waals surface area contributed by atoms with Crippen LogP contribution in [0.1, 0.15) is 20.7 Å². The number of hydrogen-bond acceptors (Lipinski definition) is 4. The number of rotatable bonds is 2. The molecule has 0 aliphatic carbocycles. The van der Waals surface area contributed by atoms with Crippen LogP contribution in [0.3, 0.4) is 0 Å². The molecule has 1 rings (SSSR count). The molecule has 1 aromatic rings. The third-order valence-electron chi connectivity index (χ3n) is 1.85. The summed E-state index contributed by atoms with van der Waals surface area (Å²) in [5.74, 6) is -2.57. The van der Waals surface area contributed by atoms with Crippen molar-refractivity contribution in [2.45, 2.75) is 0 Å². The molecular formula is C10H8ClFO4. The quantitative estimate of drug-likeness (QED) is 0.750. The third-order valence-corrected chi connectivity index (χ3v) is 2.15. The number of carbonyl (C=O) groups excluding carboxylic acids is 2. The Morgan fingerprint density at radius 2 is 1.75 bits per heavy atom. The van der Waals surface area contributed by atoms with Crippen molar-refractivity contribution in [2.75, 3.05) is 14.2 Å². The van der Waals surface area contributed by atoms with Gasteiger partial charge in [-0.1, -0.05) is 11.6 Å². The Morgan fingerprint density at radius 1 is 1.19 bits per heavy atom. The van der Waals surface area contributed by atoms with Gasteiger partial charge < -0.3 is 9.47 Å². The van der Waals surface area contributed by atoms with Crippen molar-refractivity contribution in [1.82, 2.24) is 0 Å². The lowest BCUT2D eigenvalue weighted by Gasteiger charge is -2.06. The highest BCUT2D eigenvalue weighted by molar-refractivity contribution is 6.34. The van der Waals surface area contributed by atoms with E-state index in [0.717, 1.165) is 26.4 Å². The summed E-state index contributed by atoms with van der Waals surface area (Å²) < 4.78 is 22.2. The van der Waals surface area contributed by atoms with Crippen LogP contribution < -0.4 is 0 Å². The average molecular weight is 247 g/mol. The minimum absolute atomic E-state index is 0.0716. The summed E-state index contributed by atoms with van der Waals surface area (Å²) in [6.07, 6.45) is 0. The van der Waals surface area contributed by atoms with Gasteiger partial charge in [0.1, 0.15) is 11.4 Å². The van der Waals surface area contributed by atoms with Crippen LogP contribution in [0.5, 0.6) is 0 Å². The van der Waals surface area contributed by atoms with Gasteiger partial charge >= 0.3 is 11.9 Å². The zero-order valence-electron chi connectivity index (χ0n) is 8.54. The number of esters is 2. The van der Waals surface area contributed by atoms with Gasteiger partial charge in [-0.15, -0.1) is 0 Å². The van der Waals surface area contributed by atoms with E-state index in [1.807, 2.05) is 0 Å². The van der Waals surface area contributed by atoms with E-state index in [1.165, 1.54) is 0 Å². The Labute approximate surface area is 95.9 Å². The van der Waals surface area contributed by atoms with Crippen molar-refractivity contribution < 1.29 is 23.5 Å². The van der Waals surface area contributed by atoms with Crippen LogP contribution in [0.2, 0.25) is 5.02 Å². The lowest BCUT2D eigenvalue weighted by atomic mass is 10.1. The predicted molar refractivity (Wildman–Crippen MR) is 54.1 cm³/mol. The van der Waals surface area contributed by atoms with Gasteiger partial charge in [0.2, 0.25) is 0 Å². The van der Waals surface area contributed by atoms with Crippen LogP contribution in [-0.2, 0) is 9.47 Å². The highest BCUT2D eigenvalue weighted by Crippen LogP contribution is 2.22. The molecule has 4 nitrogen and oxygen atoms in total. The first-order valence-electron chi connectivity index (χ1n) is 4.17. The third kappa shape index (κ3) is 2.30. The SMILES string of the molecule is COC(=O)c1cc(F)c(C(=O)OC)c(Cl)c1. The lowest BCUT2D eigenvalue weighted by molar-refractivity contribution is 0.0582. The summed E-state index contributed by atoms with van der Waals surface area (Å²) in [4.78, 5) is 22.2. The summed E-state index contributed by atoms with van der Waals surface area (Å²) in [7, 11) is 2.26. The minimum atomic E-state index is -0.931. The smallest absolute Gasteiger partial charge is 0.342 e. The molecule has 0 fully saturated rings. The molecule has 1 aromatic carbocycles. The molecule has 0 unspecified atom stereocenters. The molecule has 6 heteroatoms. The monoisotopic (exact) mass is 246 g/mol. The highest BCUT2D eigenvalue weighted by atomic mass is 35.5. The van der Waals surface area contributed by atoms with Crippen LogP contribution in [0, 0.1) is 5.82 Å². The van der Waals surface area contributed by atoms with Crippen LogP contribution in [0.25, 0.3) is 0 Å². The first-order valence-corrected chi connectivity index (χ1v) is 4.54. The lowest BCUT2D eigenvalue weighted by Crippen LogP contribution is -2.09. The van der Waals surface area contributed by atoms with Gasteiger partial charge in [-0.05, 0) is 12.1 Å². The average Bonchev–Trinajstić information content (AvgIpc) is 2.26. The summed E-state index contributed by atoms with van der Waals surface area (Å²) in [5.41, 5.74) is -0.477. The first kappa shape index (κ1) is 12.4. The predicted octanol–water partition coefficient (Wildman–Crippen LogP) is 2.05. The van der Waals surface area contributed by atoms with Crippen LogP contribution in [0.15, 0.2) is 12.1 Å². The van der Waals surface area contributed by atoms with Crippen molar-refractivity contribution >= 4 is 23.5 Å². The molecule has 0 aliphatic heterocycles. The molecule has 0 aromatic heterocycles. The van der Waals surface area contributed by atoms with E-state index in [0.29, 0.717) is 0 Å². The largest absolute Gasteiger partial charge is 0.465 e. The van der Waals surface area contributed by atoms with E-state index < -0.39 is 23.3 Å². The summed E-state index contributed by atoms with van der Waals surface area (Å²) in [5, 5.41) is -0.202. The number of methoxy groups -OCH3 is 2. The maximum absolute atomic E-state index is 13.5. The summed E-state index contributed by atoms with van der Waals surface area (Å²) >= 11 is 5.66. The van der Waals surface area contributed by atoms with Gasteiger partial charge in [-0.25, -0.2) is 14.0 Å². The molecule has 0 atom stereocenters. The zero-order valence-corrected chi connectivity index (χ0v) is 9.30. The summed E-state index contributed by atoms with van der Waals surface area (Å²) in [6, 6.07) is 2.01. The molecule has 0 aliphatic rings. The Balaban J connectivity index is 3.28. The standard InChI is InChI=1S/C10H8ClFO4/c1-15-9(13)5-3-6(11)8(7(12)4-5)10(14)16-2/h3-4H,1-2H3.